The highest BCUT2D eigenvalue weighted by molar-refractivity contribution is 5.56. The van der Waals surface area contributed by atoms with Crippen LogP contribution in [-0.2, 0) is 13.1 Å². The Balaban J connectivity index is 2.44. The lowest BCUT2D eigenvalue weighted by Gasteiger charge is -2.07. The summed E-state index contributed by atoms with van der Waals surface area (Å²) in [5, 5.41) is 8.40. The van der Waals surface area contributed by atoms with Crippen molar-refractivity contribution in [2.75, 3.05) is 0 Å². The first kappa shape index (κ1) is 11.8. The number of hydrogen-bond acceptors (Lipinski definition) is 3. The molecule has 4 heteroatoms. The van der Waals surface area contributed by atoms with Crippen LogP contribution in [0.1, 0.15) is 24.7 Å². The molecule has 0 aliphatic rings. The monoisotopic (exact) mass is 230 g/mol. The molecule has 0 amide bonds. The molecule has 0 aliphatic heterocycles. The number of aromatic nitrogens is 3. The third-order valence-electron chi connectivity index (χ3n) is 2.80. The molecule has 1 aromatic heterocycles. The molecule has 0 spiro atoms. The van der Waals surface area contributed by atoms with E-state index in [1.54, 1.807) is 0 Å². The van der Waals surface area contributed by atoms with Crippen molar-refractivity contribution in [3.8, 4) is 11.4 Å². The Labute approximate surface area is 101 Å². The van der Waals surface area contributed by atoms with Gasteiger partial charge in [0.15, 0.2) is 5.82 Å². The van der Waals surface area contributed by atoms with Gasteiger partial charge in [0.1, 0.15) is 5.82 Å². The second kappa shape index (κ2) is 5.10. The number of benzene rings is 1. The zero-order valence-electron chi connectivity index (χ0n) is 10.3. The second-order valence-corrected chi connectivity index (χ2v) is 4.13. The summed E-state index contributed by atoms with van der Waals surface area (Å²) >= 11 is 0. The standard InChI is InChI=1S/C13H18N4/c1-3-7-17-10(2)15-16-13(17)12-6-4-5-11(8-12)9-14/h4-6,8H,3,7,9,14H2,1-2H3. The van der Waals surface area contributed by atoms with Gasteiger partial charge in [0.05, 0.1) is 0 Å². The molecule has 4 nitrogen and oxygen atoms in total. The smallest absolute Gasteiger partial charge is 0.163 e. The lowest BCUT2D eigenvalue weighted by Crippen LogP contribution is -2.03. The molecule has 1 aromatic carbocycles. The molecule has 2 rings (SSSR count). The Morgan fingerprint density at radius 2 is 2.12 bits per heavy atom. The van der Waals surface area contributed by atoms with Crippen molar-refractivity contribution in [3.05, 3.63) is 35.7 Å². The highest BCUT2D eigenvalue weighted by Crippen LogP contribution is 2.19. The summed E-state index contributed by atoms with van der Waals surface area (Å²) in [6.45, 7) is 5.63. The van der Waals surface area contributed by atoms with Crippen LogP contribution in [0.3, 0.4) is 0 Å². The minimum absolute atomic E-state index is 0.550. The van der Waals surface area contributed by atoms with Crippen LogP contribution < -0.4 is 5.73 Å². The minimum atomic E-state index is 0.550. The molecule has 0 unspecified atom stereocenters. The van der Waals surface area contributed by atoms with Crippen LogP contribution in [-0.4, -0.2) is 14.8 Å². The van der Waals surface area contributed by atoms with Gasteiger partial charge in [-0.15, -0.1) is 10.2 Å². The summed E-state index contributed by atoms with van der Waals surface area (Å²) in [7, 11) is 0. The Bertz CT molecular complexity index is 502. The average Bonchev–Trinajstić information content (AvgIpc) is 2.72. The van der Waals surface area contributed by atoms with Gasteiger partial charge >= 0.3 is 0 Å². The van der Waals surface area contributed by atoms with E-state index in [1.165, 1.54) is 0 Å². The lowest BCUT2D eigenvalue weighted by molar-refractivity contribution is 0.663. The zero-order valence-corrected chi connectivity index (χ0v) is 10.3. The third kappa shape index (κ3) is 2.36. The molecule has 17 heavy (non-hydrogen) atoms. The van der Waals surface area contributed by atoms with E-state index in [0.29, 0.717) is 6.54 Å². The minimum Gasteiger partial charge on any atom is -0.326 e. The maximum absolute atomic E-state index is 5.66. The van der Waals surface area contributed by atoms with E-state index in [2.05, 4.69) is 33.8 Å². The number of hydrogen-bond donors (Lipinski definition) is 1. The Hall–Kier alpha value is -1.68. The van der Waals surface area contributed by atoms with Crippen molar-refractivity contribution >= 4 is 0 Å². The molecule has 0 saturated carbocycles. The summed E-state index contributed by atoms with van der Waals surface area (Å²) in [6, 6.07) is 8.17. The molecule has 90 valence electrons. The van der Waals surface area contributed by atoms with E-state index in [9.17, 15) is 0 Å². The Kier molecular flexibility index (Phi) is 3.54. The van der Waals surface area contributed by atoms with Crippen LogP contribution in [0.5, 0.6) is 0 Å². The fourth-order valence-corrected chi connectivity index (χ4v) is 1.92. The molecule has 0 saturated heterocycles. The van der Waals surface area contributed by atoms with Gasteiger partial charge in [-0.2, -0.15) is 0 Å². The van der Waals surface area contributed by atoms with E-state index in [0.717, 1.165) is 35.7 Å². The van der Waals surface area contributed by atoms with E-state index < -0.39 is 0 Å². The van der Waals surface area contributed by atoms with Gasteiger partial charge in [-0.3, -0.25) is 0 Å². The summed E-state index contributed by atoms with van der Waals surface area (Å²) in [5.74, 6) is 1.89. The third-order valence-corrected chi connectivity index (χ3v) is 2.80. The first-order valence-electron chi connectivity index (χ1n) is 5.95. The average molecular weight is 230 g/mol. The van der Waals surface area contributed by atoms with Crippen molar-refractivity contribution in [1.29, 1.82) is 0 Å². The van der Waals surface area contributed by atoms with Crippen LogP contribution >= 0.6 is 0 Å². The normalized spacial score (nSPS) is 10.8. The number of aryl methyl sites for hydroxylation is 1. The SMILES string of the molecule is CCCn1c(C)nnc1-c1cccc(CN)c1. The van der Waals surface area contributed by atoms with Gasteiger partial charge in [-0.25, -0.2) is 0 Å². The molecule has 1 heterocycles. The van der Waals surface area contributed by atoms with Crippen LogP contribution in [0.15, 0.2) is 24.3 Å². The van der Waals surface area contributed by atoms with E-state index >= 15 is 0 Å². The quantitative estimate of drug-likeness (QED) is 0.875. The maximum Gasteiger partial charge on any atom is 0.163 e. The number of rotatable bonds is 4. The maximum atomic E-state index is 5.66. The van der Waals surface area contributed by atoms with E-state index in [4.69, 9.17) is 5.73 Å². The predicted octanol–water partition coefficient (Wildman–Crippen LogP) is 2.12. The van der Waals surface area contributed by atoms with Crippen LogP contribution in [0.4, 0.5) is 0 Å². The molecule has 0 aliphatic carbocycles. The fourth-order valence-electron chi connectivity index (χ4n) is 1.92. The van der Waals surface area contributed by atoms with Gasteiger partial charge in [-0.1, -0.05) is 25.1 Å². The van der Waals surface area contributed by atoms with Crippen molar-refractivity contribution < 1.29 is 0 Å². The Morgan fingerprint density at radius 1 is 1.29 bits per heavy atom. The van der Waals surface area contributed by atoms with Crippen LogP contribution in [0, 0.1) is 6.92 Å². The molecule has 0 fully saturated rings. The van der Waals surface area contributed by atoms with E-state index in [1.807, 2.05) is 19.1 Å². The highest BCUT2D eigenvalue weighted by Gasteiger charge is 2.10. The van der Waals surface area contributed by atoms with E-state index in [-0.39, 0.29) is 0 Å². The fraction of sp³-hybridized carbons (Fsp3) is 0.385. The van der Waals surface area contributed by atoms with Crippen LogP contribution in [0.2, 0.25) is 0 Å². The van der Waals surface area contributed by atoms with Gasteiger partial charge in [0, 0.05) is 18.7 Å². The summed E-state index contributed by atoms with van der Waals surface area (Å²) in [4.78, 5) is 0. The molecular weight excluding hydrogens is 212 g/mol. The van der Waals surface area contributed by atoms with Gasteiger partial charge < -0.3 is 10.3 Å². The molecule has 0 bridgehead atoms. The Morgan fingerprint density at radius 3 is 2.82 bits per heavy atom. The number of nitrogens with zero attached hydrogens (tertiary/aromatic N) is 3. The van der Waals surface area contributed by atoms with Crippen LogP contribution in [0.25, 0.3) is 11.4 Å². The zero-order chi connectivity index (χ0) is 12.3. The topological polar surface area (TPSA) is 56.7 Å². The summed E-state index contributed by atoms with van der Waals surface area (Å²) in [5.41, 5.74) is 7.86. The molecule has 0 atom stereocenters. The lowest BCUT2D eigenvalue weighted by atomic mass is 10.1. The highest BCUT2D eigenvalue weighted by atomic mass is 15.3. The summed E-state index contributed by atoms with van der Waals surface area (Å²) < 4.78 is 2.15. The van der Waals surface area contributed by atoms with Gasteiger partial charge in [0.2, 0.25) is 0 Å². The first-order valence-corrected chi connectivity index (χ1v) is 5.95. The van der Waals surface area contributed by atoms with Crippen molar-refractivity contribution in [2.45, 2.75) is 33.4 Å². The first-order chi connectivity index (χ1) is 8.26. The molecule has 2 aromatic rings. The predicted molar refractivity (Wildman–Crippen MR) is 68.4 cm³/mol. The molecule has 2 N–H and O–H groups in total. The van der Waals surface area contributed by atoms with Crippen molar-refractivity contribution in [1.82, 2.24) is 14.8 Å². The molecular formula is C13H18N4. The largest absolute Gasteiger partial charge is 0.326 e. The second-order valence-electron chi connectivity index (χ2n) is 4.13. The van der Waals surface area contributed by atoms with Crippen molar-refractivity contribution in [2.24, 2.45) is 5.73 Å². The van der Waals surface area contributed by atoms with Gasteiger partial charge in [-0.05, 0) is 25.0 Å². The summed E-state index contributed by atoms with van der Waals surface area (Å²) in [6.07, 6.45) is 1.07. The molecule has 0 radical (unpaired) electrons. The number of nitrogens with two attached hydrogens (primary N) is 1. The van der Waals surface area contributed by atoms with Gasteiger partial charge in [0.25, 0.3) is 0 Å². The van der Waals surface area contributed by atoms with Crippen molar-refractivity contribution in [3.63, 3.8) is 0 Å².